The molecule has 4 N–H and O–H groups in total. The van der Waals surface area contributed by atoms with Crippen LogP contribution in [-0.2, 0) is 0 Å². The van der Waals surface area contributed by atoms with Gasteiger partial charge in [-0.1, -0.05) is 110 Å². The van der Waals surface area contributed by atoms with Gasteiger partial charge in [-0.2, -0.15) is 0 Å². The SMILES string of the molecule is CCCCCCCCCCCCCCCCCCN.CCN(CCO)CCO. The van der Waals surface area contributed by atoms with Gasteiger partial charge in [-0.25, -0.2) is 0 Å². The molecule has 0 aromatic heterocycles. The first-order chi connectivity index (χ1) is 13.8. The zero-order valence-electron chi connectivity index (χ0n) is 19.5. The van der Waals surface area contributed by atoms with E-state index in [1.165, 1.54) is 103 Å². The van der Waals surface area contributed by atoms with E-state index >= 15 is 0 Å². The molecule has 0 amide bonds. The number of rotatable bonds is 21. The summed E-state index contributed by atoms with van der Waals surface area (Å²) in [5.41, 5.74) is 5.48. The van der Waals surface area contributed by atoms with Crippen LogP contribution in [0.3, 0.4) is 0 Å². The van der Waals surface area contributed by atoms with Gasteiger partial charge in [-0.15, -0.1) is 0 Å². The Balaban J connectivity index is 0. The van der Waals surface area contributed by atoms with Crippen LogP contribution in [0.2, 0.25) is 0 Å². The molecule has 0 heterocycles. The van der Waals surface area contributed by atoms with Crippen molar-refractivity contribution >= 4 is 0 Å². The minimum absolute atomic E-state index is 0.174. The van der Waals surface area contributed by atoms with E-state index in [1.807, 2.05) is 11.8 Å². The Morgan fingerprint density at radius 1 is 0.536 bits per heavy atom. The molecule has 0 atom stereocenters. The van der Waals surface area contributed by atoms with Crippen LogP contribution in [0.25, 0.3) is 0 Å². The number of aliphatic hydroxyl groups is 2. The van der Waals surface area contributed by atoms with Crippen molar-refractivity contribution in [3.05, 3.63) is 0 Å². The lowest BCUT2D eigenvalue weighted by atomic mass is 10.0. The van der Waals surface area contributed by atoms with E-state index in [0.717, 1.165) is 13.1 Å². The fourth-order valence-corrected chi connectivity index (χ4v) is 3.40. The van der Waals surface area contributed by atoms with Crippen LogP contribution in [0.5, 0.6) is 0 Å². The highest BCUT2D eigenvalue weighted by Gasteiger charge is 1.97. The molecule has 4 nitrogen and oxygen atoms in total. The van der Waals surface area contributed by atoms with E-state index in [-0.39, 0.29) is 13.2 Å². The maximum atomic E-state index is 8.47. The van der Waals surface area contributed by atoms with Gasteiger partial charge in [-0.05, 0) is 19.5 Å². The molecule has 0 aromatic carbocycles. The average molecular weight is 403 g/mol. The second-order valence-electron chi connectivity index (χ2n) is 7.97. The maximum absolute atomic E-state index is 8.47. The smallest absolute Gasteiger partial charge is 0.0558 e. The Bertz CT molecular complexity index is 231. The molecule has 0 unspecified atom stereocenters. The number of unbranched alkanes of at least 4 members (excludes halogenated alkanes) is 15. The Morgan fingerprint density at radius 3 is 1.11 bits per heavy atom. The third-order valence-electron chi connectivity index (χ3n) is 5.34. The van der Waals surface area contributed by atoms with Gasteiger partial charge in [0.05, 0.1) is 13.2 Å². The fraction of sp³-hybridized carbons (Fsp3) is 1.00. The second-order valence-corrected chi connectivity index (χ2v) is 7.97. The van der Waals surface area contributed by atoms with Gasteiger partial charge in [0, 0.05) is 13.1 Å². The first-order valence-electron chi connectivity index (χ1n) is 12.4. The van der Waals surface area contributed by atoms with Gasteiger partial charge in [-0.3, -0.25) is 4.90 Å². The average Bonchev–Trinajstić information content (AvgIpc) is 2.71. The molecule has 0 fully saturated rings. The maximum Gasteiger partial charge on any atom is 0.0558 e. The highest BCUT2D eigenvalue weighted by molar-refractivity contribution is 4.51. The first-order valence-corrected chi connectivity index (χ1v) is 12.4. The summed E-state index contributed by atoms with van der Waals surface area (Å²) in [5.74, 6) is 0. The third-order valence-corrected chi connectivity index (χ3v) is 5.34. The van der Waals surface area contributed by atoms with Gasteiger partial charge in [0.2, 0.25) is 0 Å². The summed E-state index contributed by atoms with van der Waals surface area (Å²) >= 11 is 0. The summed E-state index contributed by atoms with van der Waals surface area (Å²) in [6.07, 6.45) is 22.9. The van der Waals surface area contributed by atoms with E-state index in [0.29, 0.717) is 13.1 Å². The van der Waals surface area contributed by atoms with Crippen LogP contribution < -0.4 is 5.73 Å². The zero-order chi connectivity index (χ0) is 21.1. The van der Waals surface area contributed by atoms with Gasteiger partial charge in [0.15, 0.2) is 0 Å². The van der Waals surface area contributed by atoms with E-state index in [4.69, 9.17) is 15.9 Å². The zero-order valence-corrected chi connectivity index (χ0v) is 19.5. The van der Waals surface area contributed by atoms with Crippen molar-refractivity contribution in [1.82, 2.24) is 4.90 Å². The fourth-order valence-electron chi connectivity index (χ4n) is 3.40. The van der Waals surface area contributed by atoms with Gasteiger partial charge in [0.1, 0.15) is 0 Å². The van der Waals surface area contributed by atoms with Crippen molar-refractivity contribution in [3.63, 3.8) is 0 Å². The summed E-state index contributed by atoms with van der Waals surface area (Å²) in [4.78, 5) is 1.99. The summed E-state index contributed by atoms with van der Waals surface area (Å²) in [6, 6.07) is 0. The normalized spacial score (nSPS) is 10.9. The lowest BCUT2D eigenvalue weighted by Crippen LogP contribution is -2.29. The molecular formula is C24H54N2O2. The monoisotopic (exact) mass is 402 g/mol. The first kappa shape index (κ1) is 30.0. The Labute approximate surface area is 177 Å². The van der Waals surface area contributed by atoms with Gasteiger partial charge < -0.3 is 15.9 Å². The van der Waals surface area contributed by atoms with Crippen LogP contribution in [0.15, 0.2) is 0 Å². The van der Waals surface area contributed by atoms with E-state index in [2.05, 4.69) is 6.92 Å². The largest absolute Gasteiger partial charge is 0.395 e. The molecule has 0 saturated carbocycles. The van der Waals surface area contributed by atoms with Gasteiger partial charge >= 0.3 is 0 Å². The number of hydrogen-bond acceptors (Lipinski definition) is 4. The predicted molar refractivity (Wildman–Crippen MR) is 125 cm³/mol. The van der Waals surface area contributed by atoms with Crippen LogP contribution in [-0.4, -0.2) is 54.5 Å². The van der Waals surface area contributed by atoms with Crippen LogP contribution in [0.1, 0.15) is 117 Å². The molecule has 0 saturated heterocycles. The molecule has 0 rings (SSSR count). The van der Waals surface area contributed by atoms with Gasteiger partial charge in [0.25, 0.3) is 0 Å². The third kappa shape index (κ3) is 28.1. The van der Waals surface area contributed by atoms with Crippen LogP contribution >= 0.6 is 0 Å². The summed E-state index contributed by atoms with van der Waals surface area (Å²) in [6.45, 7) is 7.74. The van der Waals surface area contributed by atoms with Crippen molar-refractivity contribution in [1.29, 1.82) is 0 Å². The summed E-state index contributed by atoms with van der Waals surface area (Å²) < 4.78 is 0. The van der Waals surface area contributed by atoms with Crippen molar-refractivity contribution in [2.75, 3.05) is 39.4 Å². The second kappa shape index (κ2) is 29.0. The highest BCUT2D eigenvalue weighted by Crippen LogP contribution is 2.13. The topological polar surface area (TPSA) is 69.7 Å². The molecule has 0 spiro atoms. The number of nitrogens with zero attached hydrogens (tertiary/aromatic N) is 1. The minimum atomic E-state index is 0.174. The molecule has 172 valence electrons. The molecule has 0 aliphatic heterocycles. The highest BCUT2D eigenvalue weighted by atomic mass is 16.3. The predicted octanol–water partition coefficient (Wildman–Crippen LogP) is 5.50. The minimum Gasteiger partial charge on any atom is -0.395 e. The van der Waals surface area contributed by atoms with Crippen molar-refractivity contribution in [3.8, 4) is 0 Å². The molecule has 0 bridgehead atoms. The summed E-state index contributed by atoms with van der Waals surface area (Å²) in [7, 11) is 0. The van der Waals surface area contributed by atoms with E-state index in [1.54, 1.807) is 0 Å². The van der Waals surface area contributed by atoms with Crippen molar-refractivity contribution in [2.45, 2.75) is 117 Å². The molecule has 4 heteroatoms. The number of aliphatic hydroxyl groups excluding tert-OH is 2. The lowest BCUT2D eigenvalue weighted by molar-refractivity contribution is 0.166. The molecule has 0 aromatic rings. The number of likely N-dealkylation sites (N-methyl/N-ethyl adjacent to an activating group) is 1. The number of hydrogen-bond donors (Lipinski definition) is 3. The quantitative estimate of drug-likeness (QED) is 0.222. The Morgan fingerprint density at radius 2 is 0.857 bits per heavy atom. The lowest BCUT2D eigenvalue weighted by Gasteiger charge is -2.16. The molecule has 0 radical (unpaired) electrons. The molecular weight excluding hydrogens is 348 g/mol. The summed E-state index contributed by atoms with van der Waals surface area (Å²) in [5, 5.41) is 16.9. The van der Waals surface area contributed by atoms with Crippen molar-refractivity contribution < 1.29 is 10.2 Å². The standard InChI is InChI=1S/C18H39N.C6H15NO2/c1-2-3-4-5-6-7-8-9-10-11-12-13-14-15-16-17-18-19;1-2-7(3-5-8)4-6-9/h2-19H2,1H3;8-9H,2-6H2,1H3. The molecule has 0 aliphatic rings. The number of nitrogens with two attached hydrogens (primary N) is 1. The Hall–Kier alpha value is -0.160. The van der Waals surface area contributed by atoms with E-state index < -0.39 is 0 Å². The van der Waals surface area contributed by atoms with Crippen LogP contribution in [0.4, 0.5) is 0 Å². The van der Waals surface area contributed by atoms with Crippen molar-refractivity contribution in [2.24, 2.45) is 5.73 Å². The molecule has 28 heavy (non-hydrogen) atoms. The molecule has 0 aliphatic carbocycles. The van der Waals surface area contributed by atoms with Crippen LogP contribution in [0, 0.1) is 0 Å². The Kier molecular flexibility index (Phi) is 31.2. The van der Waals surface area contributed by atoms with E-state index in [9.17, 15) is 0 Å².